The summed E-state index contributed by atoms with van der Waals surface area (Å²) in [5.74, 6) is -1.43. The number of hydrogen-bond donors (Lipinski definition) is 4. The molecule has 1 heterocycles. The molecule has 1 saturated heterocycles. The standard InChI is InChI=1S/C29H44N4O7S2/c1-5-30-29(38)27(36)23(17-20-10-12-21(40-4)13-11-20)33-28(37)24(16-19(2)3)32-26(35)18-31-25(34)9-7-6-8-22-14-15-41-42(22)39/h10-13,19,22-24H,5-9,14-18H2,1-4H3,(H,30,38)(H,31,34)(H,32,35)(H,33,37)/t22?,23-,24-,42?/m0/s1. The van der Waals surface area contributed by atoms with Crippen molar-refractivity contribution in [1.82, 2.24) is 21.3 Å². The summed E-state index contributed by atoms with van der Waals surface area (Å²) in [4.78, 5) is 63.5. The maximum absolute atomic E-state index is 13.3. The lowest BCUT2D eigenvalue weighted by Crippen LogP contribution is -2.55. The highest BCUT2D eigenvalue weighted by Crippen LogP contribution is 2.29. The number of carbonyl (C=O) groups excluding carboxylic acids is 5. The smallest absolute Gasteiger partial charge is 0.289 e. The van der Waals surface area contributed by atoms with E-state index >= 15 is 0 Å². The first kappa shape index (κ1) is 35.3. The number of nitrogens with one attached hydrogen (secondary N) is 4. The van der Waals surface area contributed by atoms with Crippen LogP contribution in [-0.4, -0.2) is 76.9 Å². The topological polar surface area (TPSA) is 160 Å². The normalized spacial score (nSPS) is 17.6. The summed E-state index contributed by atoms with van der Waals surface area (Å²) in [6.45, 7) is 5.43. The van der Waals surface area contributed by atoms with Crippen molar-refractivity contribution in [2.75, 3.05) is 26.0 Å². The molecule has 1 fully saturated rings. The van der Waals surface area contributed by atoms with Gasteiger partial charge < -0.3 is 26.0 Å². The molecular weight excluding hydrogens is 580 g/mol. The quantitative estimate of drug-likeness (QED) is 0.109. The Hall–Kier alpha value is -2.93. The third-order valence-electron chi connectivity index (χ3n) is 6.69. The molecule has 4 atom stereocenters. The average molecular weight is 625 g/mol. The number of amides is 4. The van der Waals surface area contributed by atoms with E-state index in [9.17, 15) is 28.2 Å². The molecule has 42 heavy (non-hydrogen) atoms. The Morgan fingerprint density at radius 1 is 1.00 bits per heavy atom. The van der Waals surface area contributed by atoms with E-state index in [-0.39, 0.29) is 49.4 Å². The van der Waals surface area contributed by atoms with Crippen molar-refractivity contribution in [2.24, 2.45) is 5.92 Å². The minimum absolute atomic E-state index is 0.0300. The van der Waals surface area contributed by atoms with Crippen LogP contribution in [0.5, 0.6) is 5.75 Å². The van der Waals surface area contributed by atoms with Crippen molar-refractivity contribution < 1.29 is 32.9 Å². The van der Waals surface area contributed by atoms with Gasteiger partial charge >= 0.3 is 0 Å². The molecule has 2 unspecified atom stereocenters. The van der Waals surface area contributed by atoms with E-state index < -0.39 is 45.4 Å². The largest absolute Gasteiger partial charge is 0.497 e. The monoisotopic (exact) mass is 624 g/mol. The number of unbranched alkanes of at least 4 members (excludes halogenated alkanes) is 1. The van der Waals surface area contributed by atoms with E-state index in [1.807, 2.05) is 13.8 Å². The molecule has 1 aliphatic heterocycles. The lowest BCUT2D eigenvalue weighted by Gasteiger charge is -2.24. The van der Waals surface area contributed by atoms with Crippen LogP contribution in [0.2, 0.25) is 0 Å². The van der Waals surface area contributed by atoms with Gasteiger partial charge in [-0.2, -0.15) is 0 Å². The molecule has 0 saturated carbocycles. The van der Waals surface area contributed by atoms with E-state index in [0.29, 0.717) is 17.7 Å². The molecule has 0 aromatic heterocycles. The Bertz CT molecular complexity index is 1100. The molecule has 0 bridgehead atoms. The summed E-state index contributed by atoms with van der Waals surface area (Å²) in [6, 6.07) is 4.81. The van der Waals surface area contributed by atoms with Crippen molar-refractivity contribution in [3.05, 3.63) is 29.8 Å². The van der Waals surface area contributed by atoms with Crippen LogP contribution in [0.1, 0.15) is 64.9 Å². The van der Waals surface area contributed by atoms with Crippen molar-refractivity contribution >= 4 is 50.0 Å². The number of ketones is 1. The van der Waals surface area contributed by atoms with Crippen LogP contribution in [0.4, 0.5) is 0 Å². The molecule has 11 nitrogen and oxygen atoms in total. The number of ether oxygens (including phenoxy) is 1. The van der Waals surface area contributed by atoms with Gasteiger partial charge in [0.2, 0.25) is 23.5 Å². The zero-order chi connectivity index (χ0) is 31.1. The fourth-order valence-electron chi connectivity index (χ4n) is 4.45. The Balaban J connectivity index is 1.95. The van der Waals surface area contributed by atoms with Crippen LogP contribution >= 0.6 is 10.8 Å². The first-order chi connectivity index (χ1) is 20.0. The number of carbonyl (C=O) groups is 5. The summed E-state index contributed by atoms with van der Waals surface area (Å²) >= 11 is 0. The minimum Gasteiger partial charge on any atom is -0.497 e. The third-order valence-corrected chi connectivity index (χ3v) is 10.4. The van der Waals surface area contributed by atoms with Crippen LogP contribution in [0.15, 0.2) is 24.3 Å². The lowest BCUT2D eigenvalue weighted by atomic mass is 9.99. The number of Topliss-reactive ketones (excluding diaryl/α,β-unsaturated/α-hetero) is 1. The molecule has 13 heteroatoms. The molecule has 4 N–H and O–H groups in total. The fourth-order valence-corrected chi connectivity index (χ4v) is 7.94. The lowest BCUT2D eigenvalue weighted by molar-refractivity contribution is -0.140. The number of methoxy groups -OCH3 is 1. The number of rotatable bonds is 18. The number of hydrogen-bond acceptors (Lipinski definition) is 8. The van der Waals surface area contributed by atoms with Crippen molar-refractivity contribution in [3.63, 3.8) is 0 Å². The van der Waals surface area contributed by atoms with Crippen LogP contribution in [0.25, 0.3) is 0 Å². The highest BCUT2D eigenvalue weighted by Gasteiger charge is 2.31. The Kier molecular flexibility index (Phi) is 15.6. The molecule has 234 valence electrons. The van der Waals surface area contributed by atoms with Gasteiger partial charge in [-0.1, -0.05) is 43.2 Å². The van der Waals surface area contributed by atoms with Crippen LogP contribution in [-0.2, 0) is 40.2 Å². The van der Waals surface area contributed by atoms with Gasteiger partial charge in [-0.05, 0) is 56.2 Å². The summed E-state index contributed by atoms with van der Waals surface area (Å²) in [6.07, 6.45) is 3.80. The predicted molar refractivity (Wildman–Crippen MR) is 164 cm³/mol. The van der Waals surface area contributed by atoms with Crippen molar-refractivity contribution in [1.29, 1.82) is 0 Å². The van der Waals surface area contributed by atoms with E-state index in [2.05, 4.69) is 21.3 Å². The van der Waals surface area contributed by atoms with Gasteiger partial charge in [0.05, 0.1) is 23.5 Å². The van der Waals surface area contributed by atoms with E-state index in [1.54, 1.807) is 31.2 Å². The maximum Gasteiger partial charge on any atom is 0.289 e. The SMILES string of the molecule is CCNC(=O)C(=O)[C@H](Cc1ccc(OC)cc1)NC(=O)[C@H](CC(C)C)NC(=O)CNC(=O)CCCCC1CCSS1=O. The summed E-state index contributed by atoms with van der Waals surface area (Å²) in [5, 5.41) is 10.6. The highest BCUT2D eigenvalue weighted by molar-refractivity contribution is 8.69. The fraction of sp³-hybridized carbons (Fsp3) is 0.621. The first-order valence-electron chi connectivity index (χ1n) is 14.4. The molecular formula is C29H44N4O7S2. The second-order valence-electron chi connectivity index (χ2n) is 10.6. The van der Waals surface area contributed by atoms with Gasteiger partial charge in [0.25, 0.3) is 5.91 Å². The molecule has 0 aliphatic carbocycles. The van der Waals surface area contributed by atoms with Gasteiger partial charge in [-0.25, -0.2) is 4.21 Å². The number of likely N-dealkylation sites (N-methyl/N-ethyl adjacent to an activating group) is 1. The minimum atomic E-state index is -1.15. The third kappa shape index (κ3) is 12.5. The first-order valence-corrected chi connectivity index (χ1v) is 17.1. The molecule has 0 spiro atoms. The summed E-state index contributed by atoms with van der Waals surface area (Å²) < 4.78 is 17.0. The molecule has 4 amide bonds. The second-order valence-corrected chi connectivity index (χ2v) is 14.1. The van der Waals surface area contributed by atoms with Crippen LogP contribution < -0.4 is 26.0 Å². The summed E-state index contributed by atoms with van der Waals surface area (Å²) in [5.41, 5.74) is 0.710. The summed E-state index contributed by atoms with van der Waals surface area (Å²) in [7, 11) is 2.18. The van der Waals surface area contributed by atoms with Crippen LogP contribution in [0, 0.1) is 5.92 Å². The van der Waals surface area contributed by atoms with Crippen LogP contribution in [0.3, 0.4) is 0 Å². The molecule has 1 aliphatic rings. The molecule has 2 rings (SSSR count). The van der Waals surface area contributed by atoms with Gasteiger partial charge in [0, 0.05) is 30.4 Å². The van der Waals surface area contributed by atoms with Crippen molar-refractivity contribution in [2.45, 2.75) is 83.1 Å². The Morgan fingerprint density at radius 3 is 2.31 bits per heavy atom. The molecule has 1 aromatic carbocycles. The van der Waals surface area contributed by atoms with Gasteiger partial charge in [-0.3, -0.25) is 24.0 Å². The maximum atomic E-state index is 13.3. The Morgan fingerprint density at radius 2 is 1.71 bits per heavy atom. The van der Waals surface area contributed by atoms with E-state index in [4.69, 9.17) is 4.74 Å². The van der Waals surface area contributed by atoms with Gasteiger partial charge in [0.1, 0.15) is 17.8 Å². The molecule has 0 radical (unpaired) electrons. The number of benzene rings is 1. The zero-order valence-electron chi connectivity index (χ0n) is 24.9. The van der Waals surface area contributed by atoms with Gasteiger partial charge in [-0.15, -0.1) is 0 Å². The average Bonchev–Trinajstić information content (AvgIpc) is 3.37. The van der Waals surface area contributed by atoms with Crippen molar-refractivity contribution in [3.8, 4) is 5.75 Å². The zero-order valence-corrected chi connectivity index (χ0v) is 26.5. The van der Waals surface area contributed by atoms with Gasteiger partial charge in [0.15, 0.2) is 0 Å². The molecule has 1 aromatic rings. The highest BCUT2D eigenvalue weighted by atomic mass is 33.1. The second kappa shape index (κ2) is 18.6. The Labute approximate surface area is 254 Å². The predicted octanol–water partition coefficient (Wildman–Crippen LogP) is 1.80. The van der Waals surface area contributed by atoms with E-state index in [1.165, 1.54) is 17.9 Å². The van der Waals surface area contributed by atoms with E-state index in [0.717, 1.165) is 25.0 Å².